The van der Waals surface area contributed by atoms with Gasteiger partial charge in [0.2, 0.25) is 11.9 Å². The van der Waals surface area contributed by atoms with Crippen LogP contribution in [0, 0.1) is 0 Å². The van der Waals surface area contributed by atoms with E-state index in [-0.39, 0.29) is 17.7 Å². The van der Waals surface area contributed by atoms with Crippen molar-refractivity contribution in [2.45, 2.75) is 44.7 Å². The van der Waals surface area contributed by atoms with Crippen molar-refractivity contribution in [1.82, 2.24) is 53.7 Å². The second-order valence-corrected chi connectivity index (χ2v) is 14.1. The summed E-state index contributed by atoms with van der Waals surface area (Å²) in [5.41, 5.74) is 22.0. The zero-order chi connectivity index (χ0) is 41.2. The molecule has 5 heterocycles. The molecule has 20 nitrogen and oxygen atoms in total. The molecule has 57 heavy (non-hydrogen) atoms. The molecular weight excluding hydrogens is 731 g/mol. The molecule has 0 fully saturated rings. The normalized spacial score (nSPS) is 12.3. The van der Waals surface area contributed by atoms with Crippen molar-refractivity contribution in [3.05, 3.63) is 71.7 Å². The van der Waals surface area contributed by atoms with Gasteiger partial charge in [-0.2, -0.15) is 4.98 Å². The van der Waals surface area contributed by atoms with Gasteiger partial charge in [-0.25, -0.2) is 9.97 Å². The minimum absolute atomic E-state index is 0.229. The summed E-state index contributed by atoms with van der Waals surface area (Å²) in [7, 11) is 9.08. The molecule has 0 radical (unpaired) electrons. The van der Waals surface area contributed by atoms with Crippen molar-refractivity contribution in [3.63, 3.8) is 0 Å². The Hall–Kier alpha value is -6.12. The van der Waals surface area contributed by atoms with Crippen LogP contribution in [0.2, 0.25) is 0 Å². The zero-order valence-electron chi connectivity index (χ0n) is 33.6. The summed E-state index contributed by atoms with van der Waals surface area (Å²) in [5.74, 6) is 1.47. The number of rotatable bonds is 21. The molecule has 0 aliphatic rings. The summed E-state index contributed by atoms with van der Waals surface area (Å²) < 4.78 is 8.81. The summed E-state index contributed by atoms with van der Waals surface area (Å²) in [6.45, 7) is 4.54. The standard InChI is InChI=1S/C37H57N17O3/c1-7-12-42-35(57)32-47-27(20-52(32)4)25(39)9-14-43-33(55)29-16-23(18-50(29)2)45-36-48-28(21-53(36)5)26(40)10-15-44-34(56)30-17-24(19-51(30)3)46-37-49-31(22-54(37)6)41-13-8-11-38/h16-22,25-26,41H,7-15,38-40H2,1-6H3,(H,42,57)(H,43,55)(H,44,56)(H,45,48)(H,46,49). The number of aromatic nitrogens is 8. The van der Waals surface area contributed by atoms with Crippen molar-refractivity contribution < 1.29 is 14.4 Å². The van der Waals surface area contributed by atoms with E-state index in [4.69, 9.17) is 22.2 Å². The number of nitrogens with one attached hydrogen (secondary N) is 6. The lowest BCUT2D eigenvalue weighted by Gasteiger charge is -2.10. The number of amides is 3. The van der Waals surface area contributed by atoms with E-state index < -0.39 is 12.1 Å². The first-order chi connectivity index (χ1) is 27.3. The molecule has 3 amide bonds. The highest BCUT2D eigenvalue weighted by Gasteiger charge is 2.20. The molecule has 0 bridgehead atoms. The Labute approximate surface area is 332 Å². The maximum Gasteiger partial charge on any atom is 0.287 e. The number of nitrogens with two attached hydrogens (primary N) is 3. The molecule has 0 aliphatic heterocycles. The van der Waals surface area contributed by atoms with Gasteiger partial charge < -0.3 is 71.9 Å². The Morgan fingerprint density at radius 3 is 1.70 bits per heavy atom. The maximum absolute atomic E-state index is 13.1. The van der Waals surface area contributed by atoms with E-state index in [1.54, 1.807) is 52.3 Å². The molecule has 0 aromatic carbocycles. The Morgan fingerprint density at radius 2 is 1.14 bits per heavy atom. The van der Waals surface area contributed by atoms with Crippen molar-refractivity contribution in [1.29, 1.82) is 0 Å². The smallest absolute Gasteiger partial charge is 0.287 e. The lowest BCUT2D eigenvalue weighted by molar-refractivity contribution is 0.0933. The van der Waals surface area contributed by atoms with Gasteiger partial charge in [-0.05, 0) is 44.4 Å². The van der Waals surface area contributed by atoms with Gasteiger partial charge in [-0.15, -0.1) is 0 Å². The molecule has 2 unspecified atom stereocenters. The van der Waals surface area contributed by atoms with Crippen LogP contribution < -0.4 is 49.1 Å². The summed E-state index contributed by atoms with van der Waals surface area (Å²) in [6, 6.07) is 2.61. The molecule has 20 heteroatoms. The van der Waals surface area contributed by atoms with Crippen LogP contribution in [0.25, 0.3) is 0 Å². The third-order valence-electron chi connectivity index (χ3n) is 9.32. The van der Waals surface area contributed by atoms with Crippen LogP contribution in [0.5, 0.6) is 0 Å². The first-order valence-electron chi connectivity index (χ1n) is 19.0. The highest BCUT2D eigenvalue weighted by molar-refractivity contribution is 5.94. The van der Waals surface area contributed by atoms with Gasteiger partial charge in [0, 0.05) is 92.4 Å². The second-order valence-electron chi connectivity index (χ2n) is 14.1. The van der Waals surface area contributed by atoms with Crippen LogP contribution in [0.1, 0.15) is 87.7 Å². The third-order valence-corrected chi connectivity index (χ3v) is 9.32. The summed E-state index contributed by atoms with van der Waals surface area (Å²) >= 11 is 0. The predicted octanol–water partition coefficient (Wildman–Crippen LogP) is 1.59. The fourth-order valence-electron chi connectivity index (χ4n) is 6.10. The third kappa shape index (κ3) is 10.8. The van der Waals surface area contributed by atoms with Crippen LogP contribution in [0.15, 0.2) is 43.1 Å². The number of imidazole rings is 3. The summed E-state index contributed by atoms with van der Waals surface area (Å²) in [4.78, 5) is 52.2. The fraction of sp³-hybridized carbons (Fsp3) is 0.459. The molecule has 12 N–H and O–H groups in total. The number of anilines is 5. The maximum atomic E-state index is 13.1. The van der Waals surface area contributed by atoms with Gasteiger partial charge in [-0.1, -0.05) is 6.92 Å². The minimum Gasteiger partial charge on any atom is -0.369 e. The monoisotopic (exact) mass is 787 g/mol. The van der Waals surface area contributed by atoms with E-state index >= 15 is 0 Å². The van der Waals surface area contributed by atoms with E-state index in [2.05, 4.69) is 41.9 Å². The van der Waals surface area contributed by atoms with E-state index in [0.29, 0.717) is 85.2 Å². The lowest BCUT2D eigenvalue weighted by atomic mass is 10.1. The highest BCUT2D eigenvalue weighted by Crippen LogP contribution is 2.23. The van der Waals surface area contributed by atoms with Crippen molar-refractivity contribution in [3.8, 4) is 0 Å². The van der Waals surface area contributed by atoms with Crippen LogP contribution in [0.3, 0.4) is 0 Å². The minimum atomic E-state index is -0.461. The van der Waals surface area contributed by atoms with Crippen LogP contribution in [-0.4, -0.2) is 88.2 Å². The Kier molecular flexibility index (Phi) is 14.1. The van der Waals surface area contributed by atoms with Crippen molar-refractivity contribution in [2.24, 2.45) is 52.4 Å². The van der Waals surface area contributed by atoms with Gasteiger partial charge in [0.15, 0.2) is 5.82 Å². The number of aryl methyl sites for hydroxylation is 5. The molecule has 0 aliphatic carbocycles. The number of nitrogens with zero attached hydrogens (tertiary/aromatic N) is 8. The quantitative estimate of drug-likeness (QED) is 0.0481. The molecule has 0 spiro atoms. The average Bonchev–Trinajstić information content (AvgIpc) is 4.00. The molecule has 5 aromatic rings. The molecular formula is C37H57N17O3. The number of hydrogen-bond acceptors (Lipinski definition) is 12. The Bertz CT molecular complexity index is 2140. The number of carbonyl (C=O) groups is 3. The van der Waals surface area contributed by atoms with Gasteiger partial charge in [0.05, 0.1) is 34.8 Å². The Morgan fingerprint density at radius 1 is 0.632 bits per heavy atom. The van der Waals surface area contributed by atoms with E-state index in [0.717, 1.165) is 30.9 Å². The van der Waals surface area contributed by atoms with Gasteiger partial charge in [0.1, 0.15) is 17.2 Å². The summed E-state index contributed by atoms with van der Waals surface area (Å²) in [6.07, 6.45) is 11.6. The molecule has 308 valence electrons. The van der Waals surface area contributed by atoms with Crippen LogP contribution in [-0.2, 0) is 35.2 Å². The van der Waals surface area contributed by atoms with Crippen molar-refractivity contribution in [2.75, 3.05) is 48.7 Å². The number of carbonyl (C=O) groups excluding carboxylic acids is 3. The van der Waals surface area contributed by atoms with E-state index in [1.165, 1.54) is 0 Å². The van der Waals surface area contributed by atoms with Crippen LogP contribution >= 0.6 is 0 Å². The first-order valence-corrected chi connectivity index (χ1v) is 19.0. The number of hydrogen-bond donors (Lipinski definition) is 9. The predicted molar refractivity (Wildman–Crippen MR) is 220 cm³/mol. The second kappa shape index (κ2) is 19.2. The molecule has 0 saturated carbocycles. The van der Waals surface area contributed by atoms with Crippen molar-refractivity contribution >= 4 is 46.8 Å². The molecule has 5 aromatic heterocycles. The van der Waals surface area contributed by atoms with Gasteiger partial charge in [0.25, 0.3) is 17.7 Å². The van der Waals surface area contributed by atoms with E-state index in [1.807, 2.05) is 55.8 Å². The zero-order valence-corrected chi connectivity index (χ0v) is 33.6. The first kappa shape index (κ1) is 42.0. The van der Waals surface area contributed by atoms with Gasteiger partial charge in [-0.3, -0.25) is 14.4 Å². The lowest BCUT2D eigenvalue weighted by Crippen LogP contribution is -2.28. The highest BCUT2D eigenvalue weighted by atomic mass is 16.2. The molecule has 0 saturated heterocycles. The van der Waals surface area contributed by atoms with E-state index in [9.17, 15) is 14.4 Å². The molecule has 5 rings (SSSR count). The SMILES string of the molecule is CCCNC(=O)c1nc(C(N)CCNC(=O)c2cc(Nc3nc(C(N)CCNC(=O)c4cc(Nc5nc(NCCCN)cn5C)cn4C)cn3C)cn2C)cn1C. The topological polar surface area (TPSA) is 265 Å². The van der Waals surface area contributed by atoms with Gasteiger partial charge >= 0.3 is 0 Å². The average molecular weight is 788 g/mol. The fourth-order valence-corrected chi connectivity index (χ4v) is 6.10. The molecule has 2 atom stereocenters. The van der Waals surface area contributed by atoms with Crippen LogP contribution in [0.4, 0.5) is 29.1 Å². The largest absolute Gasteiger partial charge is 0.369 e. The Balaban J connectivity index is 1.08. The summed E-state index contributed by atoms with van der Waals surface area (Å²) in [5, 5.41) is 18.5.